The number of hydrogen-bond acceptors (Lipinski definition) is 6. The van der Waals surface area contributed by atoms with Crippen molar-refractivity contribution in [2.24, 2.45) is 5.92 Å². The topological polar surface area (TPSA) is 88.8 Å². The van der Waals surface area contributed by atoms with Crippen LogP contribution in [-0.2, 0) is 11.3 Å². The Bertz CT molecular complexity index is 867. The summed E-state index contributed by atoms with van der Waals surface area (Å²) in [5, 5.41) is 7.55. The number of aryl methyl sites for hydroxylation is 1. The van der Waals surface area contributed by atoms with Crippen LogP contribution in [0.15, 0.2) is 28.9 Å². The maximum absolute atomic E-state index is 12.6. The van der Waals surface area contributed by atoms with Gasteiger partial charge in [0.1, 0.15) is 23.2 Å². The molecule has 2 fully saturated rings. The number of aromatic nitrogens is 2. The third-order valence-electron chi connectivity index (χ3n) is 5.56. The van der Waals surface area contributed by atoms with Gasteiger partial charge in [0.2, 0.25) is 5.91 Å². The molecule has 0 unspecified atom stereocenters. The molecule has 2 amide bonds. The van der Waals surface area contributed by atoms with Crippen LogP contribution in [0.3, 0.4) is 0 Å². The first kappa shape index (κ1) is 19.4. The minimum Gasteiger partial charge on any atom is -0.490 e. The lowest BCUT2D eigenvalue weighted by Gasteiger charge is -2.32. The summed E-state index contributed by atoms with van der Waals surface area (Å²) in [5.41, 5.74) is 1.91. The van der Waals surface area contributed by atoms with Gasteiger partial charge in [-0.3, -0.25) is 9.59 Å². The Balaban J connectivity index is 1.28. The van der Waals surface area contributed by atoms with Crippen molar-refractivity contribution in [1.82, 2.24) is 20.1 Å². The number of likely N-dealkylation sites (tertiary alicyclic amines) is 1. The lowest BCUT2D eigenvalue weighted by atomic mass is 10.1. The van der Waals surface area contributed by atoms with Gasteiger partial charge < -0.3 is 14.5 Å². The van der Waals surface area contributed by atoms with Crippen LogP contribution in [0, 0.1) is 12.8 Å². The van der Waals surface area contributed by atoms with Gasteiger partial charge in [-0.2, -0.15) is 0 Å². The van der Waals surface area contributed by atoms with Crippen LogP contribution in [0.5, 0.6) is 5.75 Å². The molecule has 2 aliphatic rings. The van der Waals surface area contributed by atoms with Crippen molar-refractivity contribution in [3.05, 3.63) is 41.2 Å². The number of hydrogen-bond donors (Lipinski definition) is 0. The van der Waals surface area contributed by atoms with Gasteiger partial charge in [-0.1, -0.05) is 10.3 Å². The Morgan fingerprint density at radius 1 is 1.14 bits per heavy atom. The van der Waals surface area contributed by atoms with Crippen LogP contribution in [0.2, 0.25) is 0 Å². The van der Waals surface area contributed by atoms with E-state index >= 15 is 0 Å². The Labute approximate surface area is 169 Å². The van der Waals surface area contributed by atoms with E-state index in [4.69, 9.17) is 4.74 Å². The van der Waals surface area contributed by atoms with Crippen molar-refractivity contribution in [2.75, 3.05) is 20.1 Å². The summed E-state index contributed by atoms with van der Waals surface area (Å²) in [5.74, 6) is 1.23. The number of carbonyl (C=O) groups is 2. The Morgan fingerprint density at radius 3 is 2.41 bits per heavy atom. The molecule has 1 aliphatic carbocycles. The molecular formula is C21H26N4O4. The number of piperidine rings is 1. The number of rotatable bonds is 6. The molecule has 4 rings (SSSR count). The summed E-state index contributed by atoms with van der Waals surface area (Å²) >= 11 is 0. The number of carbonyl (C=O) groups excluding carboxylic acids is 2. The molecule has 8 heteroatoms. The SMILES string of the molecule is Cc1nonc1CN(C)C(=O)c1ccc(OC2CCN(C(=O)C3CC3)CC2)cc1. The van der Waals surface area contributed by atoms with E-state index in [0.717, 1.165) is 44.5 Å². The molecule has 0 bridgehead atoms. The predicted molar refractivity (Wildman–Crippen MR) is 104 cm³/mol. The van der Waals surface area contributed by atoms with Crippen molar-refractivity contribution in [3.63, 3.8) is 0 Å². The van der Waals surface area contributed by atoms with E-state index in [0.29, 0.717) is 29.4 Å². The van der Waals surface area contributed by atoms with Gasteiger partial charge in [-0.05, 0) is 44.0 Å². The minimum atomic E-state index is -0.106. The van der Waals surface area contributed by atoms with E-state index in [2.05, 4.69) is 14.9 Å². The van der Waals surface area contributed by atoms with E-state index in [1.54, 1.807) is 31.0 Å². The number of amides is 2. The van der Waals surface area contributed by atoms with Crippen molar-refractivity contribution in [1.29, 1.82) is 0 Å². The Morgan fingerprint density at radius 2 is 1.83 bits per heavy atom. The quantitative estimate of drug-likeness (QED) is 0.743. The molecule has 154 valence electrons. The standard InChI is InChI=1S/C21H26N4O4/c1-14-19(23-29-22-14)13-24(2)20(26)15-5-7-17(8-6-15)28-18-9-11-25(12-10-18)21(27)16-3-4-16/h5-8,16,18H,3-4,9-13H2,1-2H3. The van der Waals surface area contributed by atoms with E-state index in [-0.39, 0.29) is 17.9 Å². The van der Waals surface area contributed by atoms with Crippen molar-refractivity contribution in [3.8, 4) is 5.75 Å². The Kier molecular flexibility index (Phi) is 5.51. The third kappa shape index (κ3) is 4.58. The first-order valence-corrected chi connectivity index (χ1v) is 10.1. The summed E-state index contributed by atoms with van der Waals surface area (Å²) in [4.78, 5) is 28.3. The second-order valence-corrected chi connectivity index (χ2v) is 7.90. The molecule has 0 radical (unpaired) electrons. The highest BCUT2D eigenvalue weighted by Gasteiger charge is 2.35. The van der Waals surface area contributed by atoms with Crippen LogP contribution in [0.25, 0.3) is 0 Å². The summed E-state index contributed by atoms with van der Waals surface area (Å²) in [6.45, 7) is 3.66. The molecule has 1 aromatic heterocycles. The van der Waals surface area contributed by atoms with Crippen LogP contribution in [0.1, 0.15) is 47.4 Å². The van der Waals surface area contributed by atoms with Gasteiger partial charge in [-0.25, -0.2) is 4.63 Å². The monoisotopic (exact) mass is 398 g/mol. The molecular weight excluding hydrogens is 372 g/mol. The molecule has 0 atom stereocenters. The highest BCUT2D eigenvalue weighted by atomic mass is 16.6. The lowest BCUT2D eigenvalue weighted by Crippen LogP contribution is -2.42. The summed E-state index contributed by atoms with van der Waals surface area (Å²) in [6.07, 6.45) is 3.87. The van der Waals surface area contributed by atoms with Gasteiger partial charge in [0.15, 0.2) is 0 Å². The molecule has 29 heavy (non-hydrogen) atoms. The summed E-state index contributed by atoms with van der Waals surface area (Å²) in [6, 6.07) is 7.19. The molecule has 1 saturated carbocycles. The smallest absolute Gasteiger partial charge is 0.253 e. The summed E-state index contributed by atoms with van der Waals surface area (Å²) < 4.78 is 10.7. The average Bonchev–Trinajstić information content (AvgIpc) is 3.51. The first-order chi connectivity index (χ1) is 14.0. The number of benzene rings is 1. The van der Waals surface area contributed by atoms with Crippen molar-refractivity contribution >= 4 is 11.8 Å². The maximum Gasteiger partial charge on any atom is 0.253 e. The van der Waals surface area contributed by atoms with E-state index < -0.39 is 0 Å². The third-order valence-corrected chi connectivity index (χ3v) is 5.56. The zero-order valence-corrected chi connectivity index (χ0v) is 16.8. The predicted octanol–water partition coefficient (Wildman–Crippen LogP) is 2.43. The Hall–Kier alpha value is -2.90. The number of ether oxygens (including phenoxy) is 1. The second-order valence-electron chi connectivity index (χ2n) is 7.90. The maximum atomic E-state index is 12.6. The minimum absolute atomic E-state index is 0.102. The number of nitrogens with zero attached hydrogens (tertiary/aromatic N) is 4. The van der Waals surface area contributed by atoms with E-state index in [1.807, 2.05) is 17.0 Å². The normalized spacial score (nSPS) is 17.2. The fraction of sp³-hybridized carbons (Fsp3) is 0.524. The van der Waals surface area contributed by atoms with E-state index in [9.17, 15) is 9.59 Å². The highest BCUT2D eigenvalue weighted by Crippen LogP contribution is 2.32. The van der Waals surface area contributed by atoms with Crippen molar-refractivity contribution in [2.45, 2.75) is 45.3 Å². The van der Waals surface area contributed by atoms with Gasteiger partial charge in [0, 0.05) is 44.5 Å². The van der Waals surface area contributed by atoms with Gasteiger partial charge in [0.05, 0.1) is 6.54 Å². The average molecular weight is 398 g/mol. The van der Waals surface area contributed by atoms with E-state index in [1.165, 1.54) is 0 Å². The highest BCUT2D eigenvalue weighted by molar-refractivity contribution is 5.94. The lowest BCUT2D eigenvalue weighted by molar-refractivity contribution is -0.134. The molecule has 2 heterocycles. The molecule has 2 aromatic rings. The van der Waals surface area contributed by atoms with Gasteiger partial charge in [0.25, 0.3) is 5.91 Å². The molecule has 0 N–H and O–H groups in total. The zero-order valence-electron chi connectivity index (χ0n) is 16.8. The fourth-order valence-corrected chi connectivity index (χ4v) is 3.56. The van der Waals surface area contributed by atoms with Crippen LogP contribution >= 0.6 is 0 Å². The fourth-order valence-electron chi connectivity index (χ4n) is 3.56. The molecule has 1 aliphatic heterocycles. The van der Waals surface area contributed by atoms with Gasteiger partial charge >= 0.3 is 0 Å². The molecule has 0 spiro atoms. The first-order valence-electron chi connectivity index (χ1n) is 10.1. The van der Waals surface area contributed by atoms with Gasteiger partial charge in [-0.15, -0.1) is 0 Å². The largest absolute Gasteiger partial charge is 0.490 e. The van der Waals surface area contributed by atoms with Crippen LogP contribution in [-0.4, -0.2) is 58.2 Å². The van der Waals surface area contributed by atoms with Crippen LogP contribution < -0.4 is 4.74 Å². The molecule has 1 aromatic carbocycles. The second kappa shape index (κ2) is 8.23. The molecule has 1 saturated heterocycles. The van der Waals surface area contributed by atoms with Crippen molar-refractivity contribution < 1.29 is 19.0 Å². The molecule has 8 nitrogen and oxygen atoms in total. The van der Waals surface area contributed by atoms with Crippen LogP contribution in [0.4, 0.5) is 0 Å². The zero-order chi connectivity index (χ0) is 20.4. The summed E-state index contributed by atoms with van der Waals surface area (Å²) in [7, 11) is 1.72.